The molecule has 0 aromatic carbocycles. The molecule has 6 nitrogen and oxygen atoms in total. The maximum Gasteiger partial charge on any atom is 0.278 e. The summed E-state index contributed by atoms with van der Waals surface area (Å²) in [7, 11) is 1.64. The topological polar surface area (TPSA) is 74.8 Å². The summed E-state index contributed by atoms with van der Waals surface area (Å²) < 4.78 is 0. The Morgan fingerprint density at radius 1 is 1.32 bits per heavy atom. The number of carbonyl (C=O) groups excluding carboxylic acids is 1. The second-order valence-corrected chi connectivity index (χ2v) is 4.76. The van der Waals surface area contributed by atoms with E-state index in [2.05, 4.69) is 34.0 Å². The van der Waals surface area contributed by atoms with Gasteiger partial charge in [0.2, 0.25) is 5.95 Å². The molecule has 2 aromatic heterocycles. The molecule has 100 valence electrons. The Bertz CT molecular complexity index is 573. The van der Waals surface area contributed by atoms with Crippen molar-refractivity contribution < 1.29 is 4.79 Å². The average Bonchev–Trinajstić information content (AvgIpc) is 2.84. The van der Waals surface area contributed by atoms with Gasteiger partial charge < -0.3 is 0 Å². The highest BCUT2D eigenvalue weighted by molar-refractivity contribution is 6.03. The molecule has 0 unspecified atom stereocenters. The van der Waals surface area contributed by atoms with E-state index in [0.29, 0.717) is 17.6 Å². The van der Waals surface area contributed by atoms with Gasteiger partial charge in [-0.2, -0.15) is 5.10 Å². The fraction of sp³-hybridized carbons (Fsp3) is 0.385. The highest BCUT2D eigenvalue weighted by Crippen LogP contribution is 2.14. The maximum absolute atomic E-state index is 12.2. The standard InChI is InChI=1S/C13H17N5O/c1-8(2)10-6-14-13(15-7-10)18(4)12(19)11-5-9(3)16-17-11/h5-8H,1-4H3,(H,16,17). The molecule has 2 heterocycles. The highest BCUT2D eigenvalue weighted by Gasteiger charge is 2.17. The smallest absolute Gasteiger partial charge is 0.278 e. The first kappa shape index (κ1) is 13.2. The van der Waals surface area contributed by atoms with Gasteiger partial charge in [0.05, 0.1) is 5.69 Å². The molecule has 0 spiro atoms. The summed E-state index contributed by atoms with van der Waals surface area (Å²) >= 11 is 0. The van der Waals surface area contributed by atoms with Gasteiger partial charge in [-0.15, -0.1) is 0 Å². The summed E-state index contributed by atoms with van der Waals surface area (Å²) in [6, 6.07) is 1.70. The minimum absolute atomic E-state index is 0.210. The van der Waals surface area contributed by atoms with Crippen LogP contribution in [0, 0.1) is 6.92 Å². The van der Waals surface area contributed by atoms with Crippen LogP contribution >= 0.6 is 0 Å². The van der Waals surface area contributed by atoms with Crippen molar-refractivity contribution in [2.45, 2.75) is 26.7 Å². The molecular weight excluding hydrogens is 242 g/mol. The number of aromatic nitrogens is 4. The molecule has 0 aliphatic carbocycles. The van der Waals surface area contributed by atoms with Crippen molar-refractivity contribution in [1.82, 2.24) is 20.2 Å². The van der Waals surface area contributed by atoms with Gasteiger partial charge in [-0.25, -0.2) is 9.97 Å². The molecule has 0 fully saturated rings. The lowest BCUT2D eigenvalue weighted by atomic mass is 10.1. The maximum atomic E-state index is 12.2. The molecule has 0 saturated heterocycles. The summed E-state index contributed by atoms with van der Waals surface area (Å²) in [6.45, 7) is 5.96. The molecule has 2 aromatic rings. The molecule has 6 heteroatoms. The van der Waals surface area contributed by atoms with Crippen LogP contribution < -0.4 is 4.90 Å². The Labute approximate surface area is 111 Å². The van der Waals surface area contributed by atoms with E-state index in [1.807, 2.05) is 6.92 Å². The van der Waals surface area contributed by atoms with Crippen LogP contribution in [0.25, 0.3) is 0 Å². The molecule has 19 heavy (non-hydrogen) atoms. The second kappa shape index (κ2) is 5.17. The van der Waals surface area contributed by atoms with Gasteiger partial charge >= 0.3 is 0 Å². The predicted molar refractivity (Wildman–Crippen MR) is 72.2 cm³/mol. The largest absolute Gasteiger partial charge is 0.278 e. The van der Waals surface area contributed by atoms with Crippen LogP contribution in [0.3, 0.4) is 0 Å². The molecule has 0 bridgehead atoms. The molecule has 0 radical (unpaired) electrons. The summed E-state index contributed by atoms with van der Waals surface area (Å²) in [5, 5.41) is 6.63. The van der Waals surface area contributed by atoms with Crippen LogP contribution in [0.2, 0.25) is 0 Å². The second-order valence-electron chi connectivity index (χ2n) is 4.76. The van der Waals surface area contributed by atoms with Crippen LogP contribution in [0.15, 0.2) is 18.5 Å². The molecule has 1 N–H and O–H groups in total. The molecule has 1 amide bonds. The molecule has 0 aliphatic heterocycles. The van der Waals surface area contributed by atoms with Gasteiger partial charge in [-0.3, -0.25) is 14.8 Å². The first-order chi connectivity index (χ1) is 8.99. The summed E-state index contributed by atoms with van der Waals surface area (Å²) in [4.78, 5) is 22.0. The van der Waals surface area contributed by atoms with E-state index in [0.717, 1.165) is 11.3 Å². The zero-order valence-electron chi connectivity index (χ0n) is 11.5. The van der Waals surface area contributed by atoms with E-state index in [-0.39, 0.29) is 5.91 Å². The number of aryl methyl sites for hydroxylation is 1. The third-order valence-corrected chi connectivity index (χ3v) is 2.87. The van der Waals surface area contributed by atoms with Crippen LogP contribution in [0.4, 0.5) is 5.95 Å². The van der Waals surface area contributed by atoms with E-state index in [4.69, 9.17) is 0 Å². The van der Waals surface area contributed by atoms with Crippen molar-refractivity contribution >= 4 is 11.9 Å². The zero-order chi connectivity index (χ0) is 14.0. The van der Waals surface area contributed by atoms with Crippen LogP contribution in [-0.2, 0) is 0 Å². The molecule has 2 rings (SSSR count). The minimum atomic E-state index is -0.210. The lowest BCUT2D eigenvalue weighted by Crippen LogP contribution is -2.28. The van der Waals surface area contributed by atoms with Gasteiger partial charge in [-0.05, 0) is 24.5 Å². The monoisotopic (exact) mass is 259 g/mol. The SMILES string of the molecule is Cc1cc(C(=O)N(C)c2ncc(C(C)C)cn2)[nH]n1. The van der Waals surface area contributed by atoms with E-state index in [9.17, 15) is 4.79 Å². The van der Waals surface area contributed by atoms with Crippen molar-refractivity contribution in [2.75, 3.05) is 11.9 Å². The summed E-state index contributed by atoms with van der Waals surface area (Å²) in [5.74, 6) is 0.532. The van der Waals surface area contributed by atoms with Crippen molar-refractivity contribution in [1.29, 1.82) is 0 Å². The van der Waals surface area contributed by atoms with Crippen molar-refractivity contribution in [3.05, 3.63) is 35.4 Å². The molecular formula is C13H17N5O. The number of anilines is 1. The number of hydrogen-bond donors (Lipinski definition) is 1. The van der Waals surface area contributed by atoms with Gasteiger partial charge in [0.1, 0.15) is 5.69 Å². The van der Waals surface area contributed by atoms with Crippen LogP contribution in [0.1, 0.15) is 41.5 Å². The van der Waals surface area contributed by atoms with Crippen molar-refractivity contribution in [2.24, 2.45) is 0 Å². The van der Waals surface area contributed by atoms with Crippen LogP contribution in [0.5, 0.6) is 0 Å². The Morgan fingerprint density at radius 2 is 1.95 bits per heavy atom. The number of carbonyl (C=O) groups is 1. The van der Waals surface area contributed by atoms with Crippen LogP contribution in [-0.4, -0.2) is 33.1 Å². The number of H-pyrrole nitrogens is 1. The molecule has 0 atom stereocenters. The fourth-order valence-electron chi connectivity index (χ4n) is 1.61. The van der Waals surface area contributed by atoms with Gasteiger partial charge in [-0.1, -0.05) is 13.8 Å². The minimum Gasteiger partial charge on any atom is -0.278 e. The van der Waals surface area contributed by atoms with E-state index >= 15 is 0 Å². The first-order valence-electron chi connectivity index (χ1n) is 6.11. The first-order valence-corrected chi connectivity index (χ1v) is 6.11. The zero-order valence-corrected chi connectivity index (χ0v) is 11.5. The predicted octanol–water partition coefficient (Wildman–Crippen LogP) is 1.91. The number of nitrogens with one attached hydrogen (secondary N) is 1. The molecule has 0 saturated carbocycles. The highest BCUT2D eigenvalue weighted by atomic mass is 16.2. The fourth-order valence-corrected chi connectivity index (χ4v) is 1.61. The van der Waals surface area contributed by atoms with Gasteiger partial charge in [0.15, 0.2) is 0 Å². The third-order valence-electron chi connectivity index (χ3n) is 2.87. The Kier molecular flexibility index (Phi) is 3.59. The number of aromatic amines is 1. The quantitative estimate of drug-likeness (QED) is 0.913. The van der Waals surface area contributed by atoms with E-state index in [1.165, 1.54) is 4.90 Å². The number of rotatable bonds is 3. The number of nitrogens with zero attached hydrogens (tertiary/aromatic N) is 4. The number of hydrogen-bond acceptors (Lipinski definition) is 4. The number of amides is 1. The Hall–Kier alpha value is -2.24. The van der Waals surface area contributed by atoms with Crippen molar-refractivity contribution in [3.63, 3.8) is 0 Å². The van der Waals surface area contributed by atoms with Gasteiger partial charge in [0.25, 0.3) is 5.91 Å². The van der Waals surface area contributed by atoms with Gasteiger partial charge in [0, 0.05) is 19.4 Å². The van der Waals surface area contributed by atoms with Crippen molar-refractivity contribution in [3.8, 4) is 0 Å². The Morgan fingerprint density at radius 3 is 2.42 bits per heavy atom. The third kappa shape index (κ3) is 2.78. The average molecular weight is 259 g/mol. The summed E-state index contributed by atoms with van der Waals surface area (Å²) in [6.07, 6.45) is 3.49. The van der Waals surface area contributed by atoms with E-state index < -0.39 is 0 Å². The Balaban J connectivity index is 2.19. The normalized spacial score (nSPS) is 10.8. The summed E-state index contributed by atoms with van der Waals surface area (Å²) in [5.41, 5.74) is 2.24. The van der Waals surface area contributed by atoms with E-state index in [1.54, 1.807) is 25.5 Å². The lowest BCUT2D eigenvalue weighted by Gasteiger charge is -2.14. The molecule has 0 aliphatic rings. The lowest BCUT2D eigenvalue weighted by molar-refractivity contribution is 0.0986.